The first-order chi connectivity index (χ1) is 11.3. The number of ether oxygens (including phenoxy) is 1. The number of carbonyl (C=O) groups excluding carboxylic acids is 1. The van der Waals surface area contributed by atoms with E-state index in [0.717, 1.165) is 23.2 Å². The maximum absolute atomic E-state index is 13.2. The summed E-state index contributed by atoms with van der Waals surface area (Å²) in [6.07, 6.45) is 6.74. The topological polar surface area (TPSA) is 45.3 Å². The number of aromatic nitrogens is 1. The zero-order chi connectivity index (χ0) is 15.6. The van der Waals surface area contributed by atoms with Gasteiger partial charge in [-0.05, 0) is 12.1 Å². The Balaban J connectivity index is 1.68. The number of hydrogen-bond acceptors (Lipinski definition) is 3. The molecular formula is C19H18N2O2. The molecule has 0 saturated carbocycles. The van der Waals surface area contributed by atoms with Gasteiger partial charge in [0.05, 0.1) is 12.3 Å². The normalized spacial score (nSPS) is 31.8. The van der Waals surface area contributed by atoms with Gasteiger partial charge in [0.25, 0.3) is 0 Å². The highest BCUT2D eigenvalue weighted by Gasteiger charge is 2.49. The van der Waals surface area contributed by atoms with Crippen molar-refractivity contribution in [2.24, 2.45) is 11.8 Å². The molecular weight excluding hydrogens is 288 g/mol. The lowest BCUT2D eigenvalue weighted by molar-refractivity contribution is -0.169. The number of H-pyrrole nitrogens is 1. The Morgan fingerprint density at radius 1 is 1.35 bits per heavy atom. The summed E-state index contributed by atoms with van der Waals surface area (Å²) >= 11 is 0. The second-order valence-electron chi connectivity index (χ2n) is 6.60. The van der Waals surface area contributed by atoms with Crippen molar-refractivity contribution in [1.29, 1.82) is 0 Å². The van der Waals surface area contributed by atoms with Gasteiger partial charge in [0.1, 0.15) is 12.3 Å². The molecule has 1 unspecified atom stereocenters. The first-order valence-electron chi connectivity index (χ1n) is 8.12. The Hall–Kier alpha value is -2.33. The van der Waals surface area contributed by atoms with Gasteiger partial charge in [-0.2, -0.15) is 0 Å². The van der Waals surface area contributed by atoms with E-state index in [2.05, 4.69) is 34.7 Å². The minimum Gasteiger partial charge on any atom is -0.358 e. The molecule has 4 nitrogen and oxygen atoms in total. The fourth-order valence-corrected chi connectivity index (χ4v) is 4.30. The number of para-hydroxylation sites is 1. The molecule has 116 valence electrons. The number of rotatable bonds is 1. The van der Waals surface area contributed by atoms with Gasteiger partial charge in [0.2, 0.25) is 0 Å². The van der Waals surface area contributed by atoms with Crippen molar-refractivity contribution in [3.63, 3.8) is 0 Å². The third-order valence-corrected chi connectivity index (χ3v) is 5.49. The molecule has 3 aliphatic heterocycles. The molecule has 4 atom stereocenters. The zero-order valence-electron chi connectivity index (χ0n) is 12.7. The Morgan fingerprint density at radius 3 is 3.09 bits per heavy atom. The molecule has 0 spiro atoms. The standard InChI is InChI=1S/C19H18N2O2/c1-2-11-10-23-16-9-14(11)19(22)18-17-13(7-8-21(16)18)12-5-3-4-6-15(12)20-17/h2-8,11,14,16,18,20H,1,9-10H2/t11-,14-,16-,18?/m0/s1. The van der Waals surface area contributed by atoms with E-state index in [1.54, 1.807) is 0 Å². The third kappa shape index (κ3) is 1.67. The van der Waals surface area contributed by atoms with Crippen LogP contribution in [0.2, 0.25) is 0 Å². The Morgan fingerprint density at radius 2 is 2.22 bits per heavy atom. The van der Waals surface area contributed by atoms with E-state index in [1.807, 2.05) is 24.4 Å². The van der Waals surface area contributed by atoms with Crippen molar-refractivity contribution < 1.29 is 9.53 Å². The molecule has 1 N–H and O–H groups in total. The summed E-state index contributed by atoms with van der Waals surface area (Å²) in [6.45, 7) is 4.47. The van der Waals surface area contributed by atoms with Crippen LogP contribution in [0.3, 0.4) is 0 Å². The summed E-state index contributed by atoms with van der Waals surface area (Å²) in [7, 11) is 0. The number of aromatic amines is 1. The number of hydrogen-bond donors (Lipinski definition) is 1. The van der Waals surface area contributed by atoms with Crippen LogP contribution in [-0.4, -0.2) is 28.5 Å². The lowest BCUT2D eigenvalue weighted by Gasteiger charge is -2.49. The van der Waals surface area contributed by atoms with Crippen LogP contribution in [0.4, 0.5) is 0 Å². The number of Topliss-reactive ketones (excluding diaryl/α,β-unsaturated/α-hetero) is 1. The largest absolute Gasteiger partial charge is 0.358 e. The van der Waals surface area contributed by atoms with Crippen LogP contribution >= 0.6 is 0 Å². The smallest absolute Gasteiger partial charge is 0.165 e. The number of benzene rings is 1. The number of nitrogens with zero attached hydrogens (tertiary/aromatic N) is 1. The molecule has 4 heteroatoms. The quantitative estimate of drug-likeness (QED) is 0.823. The van der Waals surface area contributed by atoms with Crippen LogP contribution in [0.5, 0.6) is 0 Å². The van der Waals surface area contributed by atoms with Crippen molar-refractivity contribution in [3.8, 4) is 0 Å². The second kappa shape index (κ2) is 4.59. The van der Waals surface area contributed by atoms with Crippen LogP contribution in [0.25, 0.3) is 17.0 Å². The summed E-state index contributed by atoms with van der Waals surface area (Å²) in [5, 5.41) is 1.17. The number of piperidine rings is 1. The Bertz CT molecular complexity index is 850. The lowest BCUT2D eigenvalue weighted by atomic mass is 9.76. The van der Waals surface area contributed by atoms with E-state index in [9.17, 15) is 4.79 Å². The van der Waals surface area contributed by atoms with Crippen LogP contribution in [0.1, 0.15) is 23.7 Å². The van der Waals surface area contributed by atoms with Crippen LogP contribution in [-0.2, 0) is 9.53 Å². The molecule has 1 aromatic carbocycles. The van der Waals surface area contributed by atoms with E-state index >= 15 is 0 Å². The highest BCUT2D eigenvalue weighted by molar-refractivity contribution is 5.97. The van der Waals surface area contributed by atoms with Gasteiger partial charge in [0, 0.05) is 40.9 Å². The van der Waals surface area contributed by atoms with Gasteiger partial charge in [-0.15, -0.1) is 6.58 Å². The highest BCUT2D eigenvalue weighted by Crippen LogP contribution is 2.46. The molecule has 0 aliphatic carbocycles. The maximum atomic E-state index is 13.2. The molecule has 3 aliphatic rings. The number of ketones is 1. The third-order valence-electron chi connectivity index (χ3n) is 5.49. The van der Waals surface area contributed by atoms with Crippen molar-refractivity contribution in [2.45, 2.75) is 18.7 Å². The van der Waals surface area contributed by atoms with Crippen molar-refractivity contribution >= 4 is 22.8 Å². The van der Waals surface area contributed by atoms with Gasteiger partial charge in [-0.1, -0.05) is 24.3 Å². The van der Waals surface area contributed by atoms with Crippen molar-refractivity contribution in [1.82, 2.24) is 9.88 Å². The monoisotopic (exact) mass is 306 g/mol. The maximum Gasteiger partial charge on any atom is 0.165 e. The van der Waals surface area contributed by atoms with Gasteiger partial charge in [-0.3, -0.25) is 4.79 Å². The molecule has 4 heterocycles. The minimum atomic E-state index is -0.270. The molecule has 5 rings (SSSR count). The predicted molar refractivity (Wildman–Crippen MR) is 88.5 cm³/mol. The summed E-state index contributed by atoms with van der Waals surface area (Å²) < 4.78 is 6.00. The first-order valence-corrected chi connectivity index (χ1v) is 8.12. The van der Waals surface area contributed by atoms with E-state index in [-0.39, 0.29) is 29.9 Å². The molecule has 0 radical (unpaired) electrons. The molecule has 2 fully saturated rings. The van der Waals surface area contributed by atoms with E-state index < -0.39 is 0 Å². The van der Waals surface area contributed by atoms with E-state index in [4.69, 9.17) is 4.74 Å². The van der Waals surface area contributed by atoms with Gasteiger partial charge >= 0.3 is 0 Å². The average molecular weight is 306 g/mol. The fraction of sp³-hybridized carbons (Fsp3) is 0.316. The summed E-state index contributed by atoms with van der Waals surface area (Å²) in [5.41, 5.74) is 3.21. The number of fused-ring (bicyclic) bond motifs is 8. The van der Waals surface area contributed by atoms with Crippen molar-refractivity contribution in [3.05, 3.63) is 54.4 Å². The summed E-state index contributed by atoms with van der Waals surface area (Å²) in [5.74, 6) is 0.421. The molecule has 2 aromatic rings. The Kier molecular flexibility index (Phi) is 2.62. The highest BCUT2D eigenvalue weighted by atomic mass is 16.5. The molecule has 23 heavy (non-hydrogen) atoms. The SMILES string of the molecule is C=C[C@H]1CO[C@H]2C[C@@H]1C(=O)C1c3[nH]c4ccccc4c3C=CN12. The molecule has 0 amide bonds. The first kappa shape index (κ1) is 13.1. The predicted octanol–water partition coefficient (Wildman–Crippen LogP) is 3.24. The Labute approximate surface area is 134 Å². The number of nitrogens with one attached hydrogen (secondary N) is 1. The zero-order valence-corrected chi connectivity index (χ0v) is 12.7. The second-order valence-corrected chi connectivity index (χ2v) is 6.60. The van der Waals surface area contributed by atoms with Crippen LogP contribution in [0, 0.1) is 11.8 Å². The van der Waals surface area contributed by atoms with Gasteiger partial charge < -0.3 is 14.6 Å². The summed E-state index contributed by atoms with van der Waals surface area (Å²) in [6, 6.07) is 7.93. The molecule has 1 aromatic heterocycles. The lowest BCUT2D eigenvalue weighted by Crippen LogP contribution is -2.55. The van der Waals surface area contributed by atoms with Crippen LogP contribution in [0.15, 0.2) is 43.1 Å². The number of carbonyl (C=O) groups is 1. The van der Waals surface area contributed by atoms with Crippen LogP contribution < -0.4 is 0 Å². The van der Waals surface area contributed by atoms with E-state index in [0.29, 0.717) is 6.61 Å². The fourth-order valence-electron chi connectivity index (χ4n) is 4.30. The van der Waals surface area contributed by atoms with Gasteiger partial charge in [-0.25, -0.2) is 0 Å². The summed E-state index contributed by atoms with van der Waals surface area (Å²) in [4.78, 5) is 18.7. The van der Waals surface area contributed by atoms with E-state index in [1.165, 1.54) is 5.39 Å². The van der Waals surface area contributed by atoms with Crippen molar-refractivity contribution in [2.75, 3.05) is 6.61 Å². The van der Waals surface area contributed by atoms with Gasteiger partial charge in [0.15, 0.2) is 5.78 Å². The minimum absolute atomic E-state index is 0.0123. The molecule has 2 bridgehead atoms. The average Bonchev–Trinajstić information content (AvgIpc) is 2.98. The molecule has 2 saturated heterocycles.